The number of nitrogens with zero attached hydrogens (tertiary/aromatic N) is 2. The maximum Gasteiger partial charge on any atom is 0.360 e. The van der Waals surface area contributed by atoms with Gasteiger partial charge in [0.1, 0.15) is 12.2 Å². The van der Waals surface area contributed by atoms with Crippen LogP contribution < -0.4 is 0 Å². The van der Waals surface area contributed by atoms with Crippen LogP contribution in [0.1, 0.15) is 112 Å². The third-order valence-electron chi connectivity index (χ3n) is 16.4. The van der Waals surface area contributed by atoms with Crippen LogP contribution >= 0.6 is 0 Å². The largest absolute Gasteiger partial charge is 0.458 e. The summed E-state index contributed by atoms with van der Waals surface area (Å²) in [7, 11) is 0. The van der Waals surface area contributed by atoms with Crippen LogP contribution in [0.5, 0.6) is 0 Å². The summed E-state index contributed by atoms with van der Waals surface area (Å²) >= 11 is 0. The molecule has 0 saturated carbocycles. The Morgan fingerprint density at radius 3 is 0.953 bits per heavy atom. The summed E-state index contributed by atoms with van der Waals surface area (Å²) in [5.41, 5.74) is -2.06. The topological polar surface area (TPSA) is 105 Å². The first kappa shape index (κ1) is 42.6. The highest BCUT2D eigenvalue weighted by Gasteiger charge is 2.59. The SMILES string of the molecule is O=C(CCC(=O)OC(C(=O)OC1CC2CCC(C1)[N+]21CCCC1)(c1ccccc1)c1ccccc1)OC(C(=O)OC1CC2CCC(C1)[N+]21CCCC1)(c1ccccc1)c1ccccc1. The Morgan fingerprint density at radius 1 is 0.422 bits per heavy atom. The van der Waals surface area contributed by atoms with E-state index in [2.05, 4.69) is 0 Å². The Balaban J connectivity index is 0.901. The molecule has 6 aliphatic heterocycles. The van der Waals surface area contributed by atoms with Crippen molar-refractivity contribution in [3.05, 3.63) is 144 Å². The van der Waals surface area contributed by atoms with E-state index in [0.717, 1.165) is 60.3 Å². The molecule has 4 aromatic rings. The Hall–Kier alpha value is -5.32. The van der Waals surface area contributed by atoms with Gasteiger partial charge in [-0.25, -0.2) is 9.59 Å². The zero-order valence-corrected chi connectivity index (χ0v) is 36.9. The molecule has 64 heavy (non-hydrogen) atoms. The molecule has 0 N–H and O–H groups in total. The van der Waals surface area contributed by atoms with Crippen molar-refractivity contribution in [1.29, 1.82) is 0 Å². The van der Waals surface area contributed by atoms with Gasteiger partial charge in [-0.3, -0.25) is 9.59 Å². The Morgan fingerprint density at radius 2 is 0.688 bits per heavy atom. The van der Waals surface area contributed by atoms with E-state index < -0.39 is 47.9 Å². The van der Waals surface area contributed by atoms with Gasteiger partial charge < -0.3 is 27.9 Å². The van der Waals surface area contributed by atoms with Crippen molar-refractivity contribution in [2.24, 2.45) is 0 Å². The lowest BCUT2D eigenvalue weighted by Crippen LogP contribution is -2.60. The number of piperidine rings is 2. The van der Waals surface area contributed by atoms with Crippen molar-refractivity contribution < 1.29 is 47.1 Å². The number of carbonyl (C=O) groups is 4. The molecule has 6 saturated heterocycles. The predicted molar refractivity (Wildman–Crippen MR) is 239 cm³/mol. The molecule has 0 aromatic heterocycles. The molecule has 4 bridgehead atoms. The number of ether oxygens (including phenoxy) is 4. The van der Waals surface area contributed by atoms with Crippen LogP contribution in [0.4, 0.5) is 0 Å². The molecule has 10 nitrogen and oxygen atoms in total. The fraction of sp³-hybridized carbons (Fsp3) is 0.481. The smallest absolute Gasteiger partial charge is 0.360 e. The molecule has 0 aliphatic carbocycles. The summed E-state index contributed by atoms with van der Waals surface area (Å²) in [5.74, 6) is -2.86. The average Bonchev–Trinajstić information content (AvgIpc) is 4.09. The fourth-order valence-electron chi connectivity index (χ4n) is 13.5. The molecule has 6 aliphatic rings. The summed E-state index contributed by atoms with van der Waals surface area (Å²) in [6.45, 7) is 4.81. The van der Waals surface area contributed by atoms with Gasteiger partial charge in [-0.15, -0.1) is 0 Å². The number of rotatable bonds is 13. The van der Waals surface area contributed by atoms with Crippen molar-refractivity contribution in [2.75, 3.05) is 26.2 Å². The molecule has 4 aromatic carbocycles. The zero-order chi connectivity index (χ0) is 43.8. The predicted octanol–water partition coefficient (Wildman–Crippen LogP) is 8.44. The second-order valence-electron chi connectivity index (χ2n) is 19.6. The second kappa shape index (κ2) is 17.6. The summed E-state index contributed by atoms with van der Waals surface area (Å²) in [6.07, 6.45) is 11.3. The number of esters is 4. The maximum absolute atomic E-state index is 15.0. The quantitative estimate of drug-likeness (QED) is 0.0750. The van der Waals surface area contributed by atoms with Crippen LogP contribution in [-0.4, -0.2) is 95.4 Å². The monoisotopic (exact) mass is 866 g/mol. The maximum atomic E-state index is 15.0. The standard InChI is InChI=1S/C54H62N2O8/c57-49(63-53(39-17-5-1-6-18-39,40-19-7-2-8-20-40)51(59)61-47-35-43-25-26-44(36-47)55(43)31-13-14-32-55)29-30-50(58)64-54(41-21-9-3-10-22-41,42-23-11-4-12-24-42)52(60)62-48-37-45-27-28-46(38-48)56(45)33-15-16-34-56/h1-12,17-24,43-48H,13-16,25-38H2/q+2. The molecule has 10 rings (SSSR count). The van der Waals surface area contributed by atoms with Crippen LogP contribution in [0.3, 0.4) is 0 Å². The summed E-state index contributed by atoms with van der Waals surface area (Å²) in [4.78, 5) is 58.6. The van der Waals surface area contributed by atoms with Gasteiger partial charge in [0.05, 0.1) is 63.2 Å². The fourth-order valence-corrected chi connectivity index (χ4v) is 13.5. The lowest BCUT2D eigenvalue weighted by atomic mass is 9.85. The highest BCUT2D eigenvalue weighted by Crippen LogP contribution is 2.49. The van der Waals surface area contributed by atoms with Crippen molar-refractivity contribution in [3.63, 3.8) is 0 Å². The summed E-state index contributed by atoms with van der Waals surface area (Å²) in [6, 6.07) is 37.9. The molecule has 4 unspecified atom stereocenters. The van der Waals surface area contributed by atoms with Gasteiger partial charge in [0.25, 0.3) is 11.2 Å². The van der Waals surface area contributed by atoms with Gasteiger partial charge in [0, 0.05) is 99.3 Å². The zero-order valence-electron chi connectivity index (χ0n) is 36.9. The molecule has 4 atom stereocenters. The first-order valence-corrected chi connectivity index (χ1v) is 24.1. The average molecular weight is 867 g/mol. The van der Waals surface area contributed by atoms with Gasteiger partial charge in [-0.05, 0) is 0 Å². The molecule has 0 radical (unpaired) electrons. The lowest BCUT2D eigenvalue weighted by molar-refractivity contribution is -0.956. The van der Waals surface area contributed by atoms with Crippen molar-refractivity contribution in [2.45, 2.75) is 137 Å². The molecule has 2 spiro atoms. The highest BCUT2D eigenvalue weighted by atomic mass is 16.6. The minimum absolute atomic E-state index is 0.301. The van der Waals surface area contributed by atoms with E-state index >= 15 is 0 Å². The van der Waals surface area contributed by atoms with Gasteiger partial charge in [-0.1, -0.05) is 121 Å². The normalized spacial score (nSPS) is 26.4. The third-order valence-corrected chi connectivity index (χ3v) is 16.4. The van der Waals surface area contributed by atoms with Gasteiger partial charge in [0.2, 0.25) is 0 Å². The van der Waals surface area contributed by atoms with E-state index in [1.807, 2.05) is 72.8 Å². The van der Waals surface area contributed by atoms with E-state index in [1.54, 1.807) is 48.5 Å². The van der Waals surface area contributed by atoms with Crippen LogP contribution in [0.25, 0.3) is 0 Å². The van der Waals surface area contributed by atoms with E-state index in [-0.39, 0.29) is 12.2 Å². The summed E-state index contributed by atoms with van der Waals surface area (Å²) < 4.78 is 28.2. The molecule has 334 valence electrons. The number of hydrogen-bond donors (Lipinski definition) is 0. The Kier molecular flexibility index (Phi) is 11.7. The number of carbonyl (C=O) groups excluding carboxylic acids is 4. The third kappa shape index (κ3) is 7.44. The minimum Gasteiger partial charge on any atom is -0.458 e. The van der Waals surface area contributed by atoms with Crippen molar-refractivity contribution in [1.82, 2.24) is 0 Å². The number of hydrogen-bond acceptors (Lipinski definition) is 8. The molecule has 10 heteroatoms. The number of benzene rings is 4. The molecule has 6 fully saturated rings. The van der Waals surface area contributed by atoms with Crippen molar-refractivity contribution >= 4 is 23.9 Å². The highest BCUT2D eigenvalue weighted by molar-refractivity contribution is 5.91. The van der Waals surface area contributed by atoms with Crippen LogP contribution in [0.15, 0.2) is 121 Å². The van der Waals surface area contributed by atoms with Crippen LogP contribution in [0.2, 0.25) is 0 Å². The Bertz CT molecular complexity index is 2020. The van der Waals surface area contributed by atoms with Crippen molar-refractivity contribution in [3.8, 4) is 0 Å². The molecular weight excluding hydrogens is 805 g/mol. The first-order chi connectivity index (χ1) is 31.2. The summed E-state index contributed by atoms with van der Waals surface area (Å²) in [5, 5.41) is 0. The van der Waals surface area contributed by atoms with E-state index in [1.165, 1.54) is 51.9 Å². The van der Waals surface area contributed by atoms with Gasteiger partial charge >= 0.3 is 23.9 Å². The lowest BCUT2D eigenvalue weighted by Gasteiger charge is -2.47. The molecule has 6 heterocycles. The molecular formula is C54H62N2O8+2. The second-order valence-corrected chi connectivity index (χ2v) is 19.6. The molecule has 0 amide bonds. The van der Waals surface area contributed by atoms with E-state index in [4.69, 9.17) is 18.9 Å². The Labute approximate surface area is 377 Å². The number of quaternary nitrogens is 2. The first-order valence-electron chi connectivity index (χ1n) is 24.1. The minimum atomic E-state index is -1.93. The van der Waals surface area contributed by atoms with E-state index in [0.29, 0.717) is 46.4 Å². The van der Waals surface area contributed by atoms with Gasteiger partial charge in [-0.2, -0.15) is 0 Å². The van der Waals surface area contributed by atoms with Crippen LogP contribution in [-0.2, 0) is 49.3 Å². The van der Waals surface area contributed by atoms with E-state index in [9.17, 15) is 19.2 Å². The van der Waals surface area contributed by atoms with Gasteiger partial charge in [0.15, 0.2) is 0 Å². The van der Waals surface area contributed by atoms with Crippen LogP contribution in [0, 0.1) is 0 Å².